The number of halogens is 2. The van der Waals surface area contributed by atoms with Crippen molar-refractivity contribution in [3.8, 4) is 5.75 Å². The number of benzene rings is 2. The molecule has 0 radical (unpaired) electrons. The highest BCUT2D eigenvalue weighted by Gasteiger charge is 2.15. The van der Waals surface area contributed by atoms with Gasteiger partial charge < -0.3 is 26.6 Å². The molecule has 2 aromatic carbocycles. The third kappa shape index (κ3) is 12.7. The number of rotatable bonds is 19. The van der Waals surface area contributed by atoms with Crippen molar-refractivity contribution in [3.05, 3.63) is 75.7 Å². The van der Waals surface area contributed by atoms with Crippen LogP contribution in [0.25, 0.3) is 0 Å². The number of aromatic nitrogens is 1. The van der Waals surface area contributed by atoms with E-state index in [1.54, 1.807) is 23.2 Å². The Kier molecular flexibility index (Phi) is 17.2. The predicted molar refractivity (Wildman–Crippen MR) is 165 cm³/mol. The van der Waals surface area contributed by atoms with Gasteiger partial charge in [-0.15, -0.1) is 0 Å². The van der Waals surface area contributed by atoms with Crippen molar-refractivity contribution < 1.29 is 31.1 Å². The molecule has 0 saturated carbocycles. The minimum absolute atomic E-state index is 0. The van der Waals surface area contributed by atoms with Gasteiger partial charge in [0.05, 0.1) is 23.6 Å². The highest BCUT2D eigenvalue weighted by Crippen LogP contribution is 2.28. The minimum Gasteiger partial charge on any atom is -1.00 e. The molecule has 7 heteroatoms. The smallest absolute Gasteiger partial charge is 0.224 e. The van der Waals surface area contributed by atoms with E-state index in [2.05, 4.69) is 40.7 Å². The first-order valence-corrected chi connectivity index (χ1v) is 16.1. The van der Waals surface area contributed by atoms with E-state index >= 15 is 0 Å². The third-order valence-electron chi connectivity index (χ3n) is 7.09. The van der Waals surface area contributed by atoms with Crippen molar-refractivity contribution in [2.75, 3.05) is 11.5 Å². The summed E-state index contributed by atoms with van der Waals surface area (Å²) in [6.07, 6.45) is 17.9. The van der Waals surface area contributed by atoms with Crippen LogP contribution in [0.15, 0.2) is 59.6 Å². The number of hydrogen-bond donors (Lipinski definition) is 0. The van der Waals surface area contributed by atoms with Crippen LogP contribution in [0, 0.1) is 0 Å². The van der Waals surface area contributed by atoms with E-state index in [1.165, 1.54) is 70.6 Å². The van der Waals surface area contributed by atoms with Crippen LogP contribution in [0.4, 0.5) is 5.69 Å². The van der Waals surface area contributed by atoms with Crippen LogP contribution < -0.4 is 31.2 Å². The quantitative estimate of drug-likeness (QED) is 0.112. The van der Waals surface area contributed by atoms with E-state index in [9.17, 15) is 4.79 Å². The second kappa shape index (κ2) is 20.1. The Labute approximate surface area is 261 Å². The number of carbonyl (C=O) groups is 1. The van der Waals surface area contributed by atoms with Gasteiger partial charge in [0.2, 0.25) is 11.4 Å². The number of nitrogens with zero attached hydrogens (tertiary/aromatic N) is 2. The Morgan fingerprint density at radius 1 is 0.900 bits per heavy atom. The van der Waals surface area contributed by atoms with Gasteiger partial charge in [-0.2, -0.15) is 4.57 Å². The summed E-state index contributed by atoms with van der Waals surface area (Å²) >= 11 is 8.11. The summed E-state index contributed by atoms with van der Waals surface area (Å²) in [5.41, 5.74) is 5.13. The number of hydrogen-bond acceptors (Lipinski definition) is 3. The molecule has 0 fully saturated rings. The van der Waals surface area contributed by atoms with Gasteiger partial charge in [0.15, 0.2) is 12.7 Å². The Hall–Kier alpha value is -1.89. The number of thiazole rings is 1. The van der Waals surface area contributed by atoms with Crippen LogP contribution in [-0.4, -0.2) is 12.5 Å². The molecule has 0 N–H and O–H groups in total. The van der Waals surface area contributed by atoms with Crippen LogP contribution in [0.2, 0.25) is 5.02 Å². The Balaban J connectivity index is 0.00000560. The largest absolute Gasteiger partial charge is 1.00 e. The van der Waals surface area contributed by atoms with Gasteiger partial charge in [-0.3, -0.25) is 4.79 Å². The second-order valence-electron chi connectivity index (χ2n) is 10.5. The molecule has 1 amide bonds. The number of amides is 1. The fourth-order valence-corrected chi connectivity index (χ4v) is 5.60. The lowest BCUT2D eigenvalue weighted by Crippen LogP contribution is -3.00. The molecule has 0 unspecified atom stereocenters. The third-order valence-corrected chi connectivity index (χ3v) is 8.07. The van der Waals surface area contributed by atoms with Gasteiger partial charge in [-0.1, -0.05) is 119 Å². The number of unbranched alkanes of at least 4 members (excludes halogenated alkanes) is 11. The summed E-state index contributed by atoms with van der Waals surface area (Å²) in [7, 11) is 0. The maximum Gasteiger partial charge on any atom is 0.224 e. The predicted octanol–water partition coefficient (Wildman–Crippen LogP) is 6.37. The molecular weight excluding hydrogens is 604 g/mol. The van der Waals surface area contributed by atoms with E-state index in [0.29, 0.717) is 23.9 Å². The standard InChI is InChI=1S/C33H46ClN2O2S.BrH/c1-3-4-5-6-7-8-9-10-11-12-13-14-21-38-33-24-30(18-19-32(33)34)26-36(28(2)37)31-17-15-16-29(23-31)25-35-20-22-39-27-35;/h15-20,22-24,27H,3-14,21,25-26H2,1-2H3;1H/q+1;/p-1. The normalized spacial score (nSPS) is 10.8. The molecule has 0 aliphatic carbocycles. The number of ether oxygens (including phenoxy) is 1. The van der Waals surface area contributed by atoms with Crippen LogP contribution >= 0.6 is 22.9 Å². The molecule has 0 saturated heterocycles. The summed E-state index contributed by atoms with van der Waals surface area (Å²) in [5, 5.41) is 2.67. The van der Waals surface area contributed by atoms with E-state index in [1.807, 2.05) is 30.3 Å². The van der Waals surface area contributed by atoms with Crippen LogP contribution in [-0.2, 0) is 17.9 Å². The lowest BCUT2D eigenvalue weighted by atomic mass is 10.1. The van der Waals surface area contributed by atoms with Gasteiger partial charge in [0.1, 0.15) is 5.75 Å². The number of carbonyl (C=O) groups excluding carboxylic acids is 1. The number of anilines is 1. The average molecular weight is 650 g/mol. The highest BCUT2D eigenvalue weighted by atomic mass is 79.9. The summed E-state index contributed by atoms with van der Waals surface area (Å²) in [5.74, 6) is 0.701. The first kappa shape index (κ1) is 34.3. The van der Waals surface area contributed by atoms with Gasteiger partial charge in [0.25, 0.3) is 0 Å². The summed E-state index contributed by atoms with van der Waals surface area (Å²) in [4.78, 5) is 14.4. The van der Waals surface area contributed by atoms with Gasteiger partial charge in [-0.05, 0) is 36.2 Å². The zero-order valence-corrected chi connectivity index (χ0v) is 27.4. The van der Waals surface area contributed by atoms with Crippen molar-refractivity contribution in [2.45, 2.75) is 104 Å². The van der Waals surface area contributed by atoms with E-state index in [0.717, 1.165) is 29.8 Å². The first-order valence-electron chi connectivity index (χ1n) is 14.8. The molecular formula is C33H46BrClN2O2S. The molecule has 0 atom stereocenters. The van der Waals surface area contributed by atoms with Crippen molar-refractivity contribution in [2.24, 2.45) is 0 Å². The zero-order chi connectivity index (χ0) is 27.7. The molecule has 1 heterocycles. The fraction of sp³-hybridized carbons (Fsp3) is 0.515. The Morgan fingerprint density at radius 2 is 1.57 bits per heavy atom. The van der Waals surface area contributed by atoms with Crippen molar-refractivity contribution in [3.63, 3.8) is 0 Å². The molecule has 40 heavy (non-hydrogen) atoms. The van der Waals surface area contributed by atoms with Crippen LogP contribution in [0.3, 0.4) is 0 Å². The molecule has 4 nitrogen and oxygen atoms in total. The van der Waals surface area contributed by atoms with Crippen LogP contribution in [0.1, 0.15) is 102 Å². The summed E-state index contributed by atoms with van der Waals surface area (Å²) < 4.78 is 8.20. The van der Waals surface area contributed by atoms with E-state index < -0.39 is 0 Å². The zero-order valence-electron chi connectivity index (χ0n) is 24.3. The minimum atomic E-state index is 0. The monoisotopic (exact) mass is 648 g/mol. The molecule has 0 bridgehead atoms. The van der Waals surface area contributed by atoms with Crippen molar-refractivity contribution in [1.82, 2.24) is 0 Å². The van der Waals surface area contributed by atoms with Gasteiger partial charge in [0, 0.05) is 18.2 Å². The molecule has 0 aliphatic rings. The topological polar surface area (TPSA) is 33.4 Å². The lowest BCUT2D eigenvalue weighted by Gasteiger charge is -2.22. The molecule has 0 aliphatic heterocycles. The van der Waals surface area contributed by atoms with Crippen LogP contribution in [0.5, 0.6) is 5.75 Å². The first-order chi connectivity index (χ1) is 19.1. The molecule has 1 aromatic heterocycles. The van der Waals surface area contributed by atoms with E-state index in [-0.39, 0.29) is 22.9 Å². The van der Waals surface area contributed by atoms with Crippen molar-refractivity contribution >= 4 is 34.5 Å². The highest BCUT2D eigenvalue weighted by molar-refractivity contribution is 7.07. The molecule has 3 aromatic rings. The van der Waals surface area contributed by atoms with Gasteiger partial charge >= 0.3 is 0 Å². The SMILES string of the molecule is CCCCCCCCCCCCCCOc1cc(CN(C(C)=O)c2cccc(C[n+]3ccsc3)c2)ccc1Cl.[Br-]. The summed E-state index contributed by atoms with van der Waals surface area (Å²) in [6.45, 7) is 5.80. The molecule has 220 valence electrons. The Bertz CT molecular complexity index is 1110. The fourth-order valence-electron chi connectivity index (χ4n) is 4.83. The average Bonchev–Trinajstić information content (AvgIpc) is 3.44. The molecule has 0 spiro atoms. The lowest BCUT2D eigenvalue weighted by molar-refractivity contribution is -0.683. The maximum absolute atomic E-state index is 12.6. The molecule has 3 rings (SSSR count). The maximum atomic E-state index is 12.6. The Morgan fingerprint density at radius 3 is 2.20 bits per heavy atom. The van der Waals surface area contributed by atoms with Crippen molar-refractivity contribution in [1.29, 1.82) is 0 Å². The van der Waals surface area contributed by atoms with E-state index in [4.69, 9.17) is 16.3 Å². The second-order valence-corrected chi connectivity index (χ2v) is 11.6. The summed E-state index contributed by atoms with van der Waals surface area (Å²) in [6, 6.07) is 14.0. The van der Waals surface area contributed by atoms with Gasteiger partial charge in [-0.25, -0.2) is 0 Å².